The number of hydrogen-bond acceptors (Lipinski definition) is 1. The van der Waals surface area contributed by atoms with Gasteiger partial charge in [-0.3, -0.25) is 4.79 Å². The average Bonchev–Trinajstić information content (AvgIpc) is 3.84. The zero-order chi connectivity index (χ0) is 51.2. The van der Waals surface area contributed by atoms with Crippen LogP contribution < -0.4 is 0 Å². The summed E-state index contributed by atoms with van der Waals surface area (Å²) in [7, 11) is 0. The lowest BCUT2D eigenvalue weighted by Gasteiger charge is -2.50. The second-order valence-corrected chi connectivity index (χ2v) is 28.5. The molecule has 0 N–H and O–H groups in total. The molecule has 0 spiro atoms. The van der Waals surface area contributed by atoms with E-state index in [1.54, 1.807) is 0 Å². The first-order chi connectivity index (χ1) is 31.9. The maximum atomic E-state index is 14.6. The third-order valence-corrected chi connectivity index (χ3v) is 24.8. The topological polar surface area (TPSA) is 17.1 Å². The van der Waals surface area contributed by atoms with Crippen LogP contribution in [0.2, 0.25) is 0 Å². The number of hydrogen-bond donors (Lipinski definition) is 0. The number of carbonyl (C=O) groups is 1. The Bertz CT molecular complexity index is 1430. The Morgan fingerprint density at radius 3 is 1.37 bits per heavy atom. The fraction of sp³-hybridized carbons (Fsp3) is 0.985. The summed E-state index contributed by atoms with van der Waals surface area (Å²) in [4.78, 5) is 14.6. The summed E-state index contributed by atoms with van der Waals surface area (Å²) in [5.41, 5.74) is 0. The standard InChI is InChI=1S/C67H126O/c1-24-54(35-45(15)61-37-64(59(29-6)58(61)28-5)65-46(16)36-62-60(38(7)8)30-39(9)31-63(62)65)34-44(14)48(18)47(17)42(12)32-40(10)41(11)33-43(13)49(19)50(20)51(21)67(68)66-52(22)55(25-2)57(27-4)56(26-3)53(66)23/h38-66H,24-37H2,1-23H3. The molecule has 0 radical (unpaired) electrons. The zero-order valence-corrected chi connectivity index (χ0v) is 50.6. The summed E-state index contributed by atoms with van der Waals surface area (Å²) in [6.07, 6.45) is 19.4. The van der Waals surface area contributed by atoms with Crippen LogP contribution >= 0.6 is 0 Å². The first kappa shape index (κ1) is 60.2. The molecule has 400 valence electrons. The van der Waals surface area contributed by atoms with Crippen molar-refractivity contribution in [2.75, 3.05) is 0 Å². The molecule has 4 fully saturated rings. The van der Waals surface area contributed by atoms with Gasteiger partial charge in [-0.05, 0) is 211 Å². The quantitative estimate of drug-likeness (QED) is 0.0844. The minimum Gasteiger partial charge on any atom is -0.299 e. The van der Waals surface area contributed by atoms with Crippen molar-refractivity contribution in [1.82, 2.24) is 0 Å². The molecule has 1 nitrogen and oxygen atoms in total. The van der Waals surface area contributed by atoms with Gasteiger partial charge in [-0.2, -0.15) is 0 Å². The van der Waals surface area contributed by atoms with Crippen LogP contribution in [0.4, 0.5) is 0 Å². The molecular weight excluding hydrogens is 821 g/mol. The van der Waals surface area contributed by atoms with Crippen molar-refractivity contribution in [3.05, 3.63) is 0 Å². The van der Waals surface area contributed by atoms with Gasteiger partial charge in [-0.15, -0.1) is 0 Å². The van der Waals surface area contributed by atoms with Crippen LogP contribution in [-0.4, -0.2) is 5.78 Å². The highest BCUT2D eigenvalue weighted by molar-refractivity contribution is 5.84. The number of rotatable bonds is 26. The lowest BCUT2D eigenvalue weighted by Crippen LogP contribution is -2.49. The lowest BCUT2D eigenvalue weighted by atomic mass is 9.53. The molecule has 26 atom stereocenters. The van der Waals surface area contributed by atoms with Gasteiger partial charge in [0.05, 0.1) is 0 Å². The van der Waals surface area contributed by atoms with E-state index in [2.05, 4.69) is 159 Å². The second kappa shape index (κ2) is 26.8. The highest BCUT2D eigenvalue weighted by Gasteiger charge is 2.56. The molecule has 4 saturated carbocycles. The highest BCUT2D eigenvalue weighted by Crippen LogP contribution is 2.62. The minimum absolute atomic E-state index is 0.136. The molecule has 4 aliphatic rings. The fourth-order valence-corrected chi connectivity index (χ4v) is 19.7. The van der Waals surface area contributed by atoms with Crippen molar-refractivity contribution < 1.29 is 4.79 Å². The number of carbonyl (C=O) groups excluding carboxylic acids is 1. The maximum absolute atomic E-state index is 14.6. The second-order valence-electron chi connectivity index (χ2n) is 28.5. The lowest BCUT2D eigenvalue weighted by molar-refractivity contribution is -0.139. The zero-order valence-electron chi connectivity index (χ0n) is 50.6. The molecule has 0 aromatic rings. The third kappa shape index (κ3) is 13.3. The van der Waals surface area contributed by atoms with E-state index in [1.807, 2.05) is 0 Å². The van der Waals surface area contributed by atoms with E-state index in [0.717, 1.165) is 112 Å². The minimum atomic E-state index is 0.136. The summed E-state index contributed by atoms with van der Waals surface area (Å²) in [6.45, 7) is 58.1. The number of ketones is 1. The van der Waals surface area contributed by atoms with Gasteiger partial charge in [-0.25, -0.2) is 0 Å². The first-order valence-electron chi connectivity index (χ1n) is 31.5. The SMILES string of the molecule is CCC(CC(C)C(C)C(C)C(C)CC(C)C(C)CC(C)C(C)C(C)C(C)C(=O)C1C(C)C(CC)C(CC)C(CC)C1C)CC(C)C1CC(C2C(C)CC3C(C(C)C)CC(C)CC32)C(CC)C1CC. The van der Waals surface area contributed by atoms with Crippen molar-refractivity contribution in [3.8, 4) is 0 Å². The fourth-order valence-electron chi connectivity index (χ4n) is 19.7. The van der Waals surface area contributed by atoms with Gasteiger partial charge in [0.2, 0.25) is 0 Å². The van der Waals surface area contributed by atoms with Crippen molar-refractivity contribution in [1.29, 1.82) is 0 Å². The van der Waals surface area contributed by atoms with Crippen LogP contribution in [0, 0.1) is 172 Å². The summed E-state index contributed by atoms with van der Waals surface area (Å²) < 4.78 is 0. The van der Waals surface area contributed by atoms with Crippen molar-refractivity contribution in [3.63, 3.8) is 0 Å². The highest BCUT2D eigenvalue weighted by atomic mass is 16.1. The maximum Gasteiger partial charge on any atom is 0.139 e. The molecule has 0 amide bonds. The predicted molar refractivity (Wildman–Crippen MR) is 301 cm³/mol. The molecule has 1 heteroatoms. The van der Waals surface area contributed by atoms with Gasteiger partial charge in [-0.1, -0.05) is 198 Å². The predicted octanol–water partition coefficient (Wildman–Crippen LogP) is 20.4. The Hall–Kier alpha value is -0.330. The Balaban J connectivity index is 1.30. The van der Waals surface area contributed by atoms with Crippen molar-refractivity contribution in [2.24, 2.45) is 172 Å². The van der Waals surface area contributed by atoms with Gasteiger partial charge in [0.25, 0.3) is 0 Å². The van der Waals surface area contributed by atoms with Gasteiger partial charge in [0.15, 0.2) is 0 Å². The monoisotopic (exact) mass is 947 g/mol. The van der Waals surface area contributed by atoms with E-state index in [0.29, 0.717) is 53.1 Å². The van der Waals surface area contributed by atoms with Gasteiger partial charge in [0.1, 0.15) is 5.78 Å². The van der Waals surface area contributed by atoms with Gasteiger partial charge >= 0.3 is 0 Å². The van der Waals surface area contributed by atoms with Crippen LogP contribution in [-0.2, 0) is 4.79 Å². The third-order valence-electron chi connectivity index (χ3n) is 24.8. The van der Waals surface area contributed by atoms with E-state index in [-0.39, 0.29) is 11.8 Å². The van der Waals surface area contributed by atoms with E-state index < -0.39 is 0 Å². The summed E-state index contributed by atoms with van der Waals surface area (Å²) in [5.74, 6) is 22.3. The molecule has 0 heterocycles. The molecule has 26 unspecified atom stereocenters. The smallest absolute Gasteiger partial charge is 0.139 e. The average molecular weight is 948 g/mol. The molecule has 0 aromatic heterocycles. The summed E-state index contributed by atoms with van der Waals surface area (Å²) in [6, 6.07) is 0. The van der Waals surface area contributed by atoms with Crippen molar-refractivity contribution in [2.45, 2.75) is 249 Å². The van der Waals surface area contributed by atoms with Gasteiger partial charge < -0.3 is 0 Å². The Kier molecular flexibility index (Phi) is 23.7. The summed E-state index contributed by atoms with van der Waals surface area (Å²) in [5, 5.41) is 0. The van der Waals surface area contributed by atoms with E-state index in [4.69, 9.17) is 0 Å². The van der Waals surface area contributed by atoms with Crippen molar-refractivity contribution >= 4 is 5.78 Å². The van der Waals surface area contributed by atoms with Crippen LogP contribution in [0.15, 0.2) is 0 Å². The molecule has 4 aliphatic carbocycles. The molecule has 0 aliphatic heterocycles. The van der Waals surface area contributed by atoms with Crippen LogP contribution in [0.1, 0.15) is 249 Å². The van der Waals surface area contributed by atoms with E-state index in [1.165, 1.54) is 89.9 Å². The molecular formula is C67H126O. The Morgan fingerprint density at radius 1 is 0.441 bits per heavy atom. The van der Waals surface area contributed by atoms with Crippen LogP contribution in [0.3, 0.4) is 0 Å². The molecule has 0 saturated heterocycles. The molecule has 4 rings (SSSR count). The first-order valence-corrected chi connectivity index (χ1v) is 31.5. The number of fused-ring (bicyclic) bond motifs is 1. The Morgan fingerprint density at radius 2 is 0.912 bits per heavy atom. The van der Waals surface area contributed by atoms with Gasteiger partial charge in [0, 0.05) is 11.8 Å². The molecule has 0 aromatic carbocycles. The number of Topliss-reactive ketones (excluding diaryl/α,β-unsaturated/α-hetero) is 1. The largest absolute Gasteiger partial charge is 0.299 e. The molecule has 0 bridgehead atoms. The van der Waals surface area contributed by atoms with E-state index in [9.17, 15) is 4.79 Å². The van der Waals surface area contributed by atoms with Crippen LogP contribution in [0.5, 0.6) is 0 Å². The molecule has 68 heavy (non-hydrogen) atoms. The normalized spacial score (nSPS) is 39.8. The van der Waals surface area contributed by atoms with E-state index >= 15 is 0 Å². The Labute approximate surface area is 429 Å². The summed E-state index contributed by atoms with van der Waals surface area (Å²) >= 11 is 0. The van der Waals surface area contributed by atoms with Crippen LogP contribution in [0.25, 0.3) is 0 Å².